The van der Waals surface area contributed by atoms with Gasteiger partial charge in [-0.25, -0.2) is 19.2 Å². The third-order valence-corrected chi connectivity index (χ3v) is 4.09. The molecule has 1 aromatic heterocycles. The zero-order chi connectivity index (χ0) is 19.4. The molecule has 2 aromatic rings. The number of guanidine groups is 1. The Morgan fingerprint density at radius 2 is 2.11 bits per heavy atom. The number of anilines is 1. The maximum Gasteiger partial charge on any atom is 0.414 e. The highest BCUT2D eigenvalue weighted by Gasteiger charge is 2.28. The summed E-state index contributed by atoms with van der Waals surface area (Å²) in [4.78, 5) is 21.9. The molecule has 0 radical (unpaired) electrons. The number of nitrogens with two attached hydrogens (primary N) is 1. The number of hydrogen-bond acceptors (Lipinski definition) is 7. The number of nitrogens with zero attached hydrogens (tertiary/aromatic N) is 3. The van der Waals surface area contributed by atoms with Crippen LogP contribution in [0.2, 0.25) is 0 Å². The molecule has 1 aliphatic rings. The lowest BCUT2D eigenvalue weighted by Crippen LogP contribution is -2.52. The minimum atomic E-state index is -0.927. The van der Waals surface area contributed by atoms with E-state index in [0.29, 0.717) is 17.1 Å². The quantitative estimate of drug-likeness (QED) is 0.531. The van der Waals surface area contributed by atoms with Gasteiger partial charge in [0, 0.05) is 49.3 Å². The molecule has 0 aliphatic carbocycles. The molecule has 0 bridgehead atoms. The lowest BCUT2D eigenvalue weighted by atomic mass is 10.1. The molecule has 1 aliphatic heterocycles. The zero-order valence-corrected chi connectivity index (χ0v) is 14.6. The first-order valence-corrected chi connectivity index (χ1v) is 8.13. The van der Waals surface area contributed by atoms with E-state index in [4.69, 9.17) is 20.6 Å². The number of halogens is 1. The number of hydrogen-bond donors (Lipinski definition) is 3. The second-order valence-electron chi connectivity index (χ2n) is 5.93. The number of carbonyl (C=O) groups is 1. The van der Waals surface area contributed by atoms with Gasteiger partial charge in [-0.1, -0.05) is 18.2 Å². The fourth-order valence-electron chi connectivity index (χ4n) is 2.58. The summed E-state index contributed by atoms with van der Waals surface area (Å²) < 4.78 is 24.8. The standard InChI is InChI=1S/C17H19FN6O3/c1-26-12-7-24(8-12)16-21-5-11(6-22-16)13-4-2-3-10(14(13)18)9-27-17(25)23-15(19)20/h2-6,12H,7-9H2,1H3,(H4,19,20,23,25). The molecule has 0 spiro atoms. The van der Waals surface area contributed by atoms with E-state index in [-0.39, 0.29) is 18.3 Å². The van der Waals surface area contributed by atoms with Crippen LogP contribution in [0.5, 0.6) is 0 Å². The Morgan fingerprint density at radius 1 is 1.41 bits per heavy atom. The van der Waals surface area contributed by atoms with Crippen LogP contribution in [0, 0.1) is 11.2 Å². The molecule has 142 valence electrons. The van der Waals surface area contributed by atoms with Crippen LogP contribution in [0.15, 0.2) is 30.6 Å². The van der Waals surface area contributed by atoms with Crippen molar-refractivity contribution in [1.29, 1.82) is 5.41 Å². The molecule has 3 rings (SSSR count). The molecule has 4 N–H and O–H groups in total. The van der Waals surface area contributed by atoms with Gasteiger partial charge in [0.15, 0.2) is 5.96 Å². The van der Waals surface area contributed by atoms with E-state index in [9.17, 15) is 9.18 Å². The molecule has 10 heteroatoms. The van der Waals surface area contributed by atoms with Gasteiger partial charge >= 0.3 is 6.09 Å². The fraction of sp³-hybridized carbons (Fsp3) is 0.294. The Bertz CT molecular complexity index is 839. The number of ether oxygens (including phenoxy) is 2. The summed E-state index contributed by atoms with van der Waals surface area (Å²) >= 11 is 0. The fourth-order valence-corrected chi connectivity index (χ4v) is 2.58. The van der Waals surface area contributed by atoms with Crippen molar-refractivity contribution in [2.45, 2.75) is 12.7 Å². The van der Waals surface area contributed by atoms with Gasteiger partial charge in [0.2, 0.25) is 5.95 Å². The van der Waals surface area contributed by atoms with E-state index in [0.717, 1.165) is 13.1 Å². The van der Waals surface area contributed by atoms with Crippen molar-refractivity contribution < 1.29 is 18.7 Å². The molecular formula is C17H19FN6O3. The van der Waals surface area contributed by atoms with E-state index >= 15 is 0 Å². The first-order chi connectivity index (χ1) is 13.0. The van der Waals surface area contributed by atoms with Crippen LogP contribution in [-0.4, -0.2) is 48.3 Å². The topological polar surface area (TPSA) is 126 Å². The Morgan fingerprint density at radius 3 is 2.74 bits per heavy atom. The molecule has 1 saturated heterocycles. The second kappa shape index (κ2) is 7.96. The van der Waals surface area contributed by atoms with E-state index in [1.807, 2.05) is 10.2 Å². The monoisotopic (exact) mass is 374 g/mol. The van der Waals surface area contributed by atoms with Crippen LogP contribution in [0.4, 0.5) is 15.1 Å². The molecule has 0 saturated carbocycles. The molecule has 0 unspecified atom stereocenters. The first kappa shape index (κ1) is 18.5. The molecule has 1 fully saturated rings. The lowest BCUT2D eigenvalue weighted by molar-refractivity contribution is 0.0778. The minimum Gasteiger partial charge on any atom is -0.444 e. The van der Waals surface area contributed by atoms with Crippen molar-refractivity contribution in [1.82, 2.24) is 15.3 Å². The van der Waals surface area contributed by atoms with Crippen LogP contribution in [-0.2, 0) is 16.1 Å². The van der Waals surface area contributed by atoms with Crippen molar-refractivity contribution >= 4 is 18.0 Å². The number of methoxy groups -OCH3 is 1. The summed E-state index contributed by atoms with van der Waals surface area (Å²) in [6.07, 6.45) is 2.36. The normalized spacial score (nSPS) is 13.8. The van der Waals surface area contributed by atoms with Crippen LogP contribution in [0.1, 0.15) is 5.56 Å². The van der Waals surface area contributed by atoms with Crippen LogP contribution in [0.3, 0.4) is 0 Å². The Balaban J connectivity index is 1.70. The van der Waals surface area contributed by atoms with Gasteiger partial charge in [-0.05, 0) is 0 Å². The van der Waals surface area contributed by atoms with Gasteiger partial charge in [-0.2, -0.15) is 0 Å². The number of rotatable bonds is 5. The average molecular weight is 374 g/mol. The van der Waals surface area contributed by atoms with Crippen molar-refractivity contribution in [2.75, 3.05) is 25.1 Å². The van der Waals surface area contributed by atoms with Crippen LogP contribution < -0.4 is 16.0 Å². The van der Waals surface area contributed by atoms with Crippen molar-refractivity contribution in [2.24, 2.45) is 5.73 Å². The molecule has 1 amide bonds. The Labute approximate surface area is 154 Å². The number of amides is 1. The largest absolute Gasteiger partial charge is 0.444 e. The summed E-state index contributed by atoms with van der Waals surface area (Å²) in [6, 6.07) is 4.74. The highest BCUT2D eigenvalue weighted by molar-refractivity contribution is 5.90. The predicted octanol–water partition coefficient (Wildman–Crippen LogP) is 1.24. The highest BCUT2D eigenvalue weighted by atomic mass is 19.1. The Kier molecular flexibility index (Phi) is 5.46. The Hall–Kier alpha value is -3.27. The molecule has 27 heavy (non-hydrogen) atoms. The molecule has 9 nitrogen and oxygen atoms in total. The van der Waals surface area contributed by atoms with Crippen molar-refractivity contribution in [3.63, 3.8) is 0 Å². The molecule has 0 atom stereocenters. The number of aromatic nitrogens is 2. The molecule has 2 heterocycles. The molecular weight excluding hydrogens is 355 g/mol. The SMILES string of the molecule is COC1CN(c2ncc(-c3cccc(COC(=O)NC(=N)N)c3F)cn2)C1. The highest BCUT2D eigenvalue weighted by Crippen LogP contribution is 2.26. The summed E-state index contributed by atoms with van der Waals surface area (Å²) in [6.45, 7) is 1.14. The molecule has 1 aromatic carbocycles. The van der Waals surface area contributed by atoms with Gasteiger partial charge in [-0.15, -0.1) is 0 Å². The van der Waals surface area contributed by atoms with Gasteiger partial charge in [0.25, 0.3) is 0 Å². The van der Waals surface area contributed by atoms with Crippen molar-refractivity contribution in [3.8, 4) is 11.1 Å². The van der Waals surface area contributed by atoms with E-state index < -0.39 is 17.9 Å². The zero-order valence-electron chi connectivity index (χ0n) is 14.6. The third kappa shape index (κ3) is 4.29. The van der Waals surface area contributed by atoms with Gasteiger partial charge in [0.1, 0.15) is 12.4 Å². The summed E-state index contributed by atoms with van der Waals surface area (Å²) in [5.41, 5.74) is 6.02. The van der Waals surface area contributed by atoms with Gasteiger partial charge in [-0.3, -0.25) is 10.7 Å². The summed E-state index contributed by atoms with van der Waals surface area (Å²) in [5.74, 6) is -0.522. The van der Waals surface area contributed by atoms with Crippen molar-refractivity contribution in [3.05, 3.63) is 42.0 Å². The summed E-state index contributed by atoms with van der Waals surface area (Å²) in [5, 5.41) is 8.91. The van der Waals surface area contributed by atoms with E-state index in [1.54, 1.807) is 31.6 Å². The van der Waals surface area contributed by atoms with Crippen LogP contribution >= 0.6 is 0 Å². The first-order valence-electron chi connectivity index (χ1n) is 8.13. The summed E-state index contributed by atoms with van der Waals surface area (Å²) in [7, 11) is 1.66. The second-order valence-corrected chi connectivity index (χ2v) is 5.93. The van der Waals surface area contributed by atoms with Gasteiger partial charge in [0.05, 0.1) is 6.10 Å². The maximum atomic E-state index is 14.7. The number of alkyl carbamates (subject to hydrolysis) is 1. The minimum absolute atomic E-state index is 0.181. The predicted molar refractivity (Wildman–Crippen MR) is 95.7 cm³/mol. The van der Waals surface area contributed by atoms with E-state index in [2.05, 4.69) is 9.97 Å². The van der Waals surface area contributed by atoms with E-state index in [1.165, 1.54) is 6.07 Å². The number of carbonyl (C=O) groups excluding carboxylic acids is 1. The lowest BCUT2D eigenvalue weighted by Gasteiger charge is -2.37. The average Bonchev–Trinajstić information content (AvgIpc) is 2.60. The van der Waals surface area contributed by atoms with Crippen LogP contribution in [0.25, 0.3) is 11.1 Å². The number of benzene rings is 1. The smallest absolute Gasteiger partial charge is 0.414 e. The number of nitrogens with one attached hydrogen (secondary N) is 2. The third-order valence-electron chi connectivity index (χ3n) is 4.09. The van der Waals surface area contributed by atoms with Gasteiger partial charge < -0.3 is 20.1 Å². The maximum absolute atomic E-state index is 14.7.